The SMILES string of the molecule is Cc1cc(C)n(Cc2cccc(CNC(=O)CN=C3NS(=O)(=O)c4ccccc43)c2)n1. The summed E-state index contributed by atoms with van der Waals surface area (Å²) in [6.07, 6.45) is 0. The zero-order valence-corrected chi connectivity index (χ0v) is 18.1. The molecule has 0 fully saturated rings. The minimum Gasteiger partial charge on any atom is -0.350 e. The zero-order chi connectivity index (χ0) is 22.0. The van der Waals surface area contributed by atoms with Gasteiger partial charge in [-0.3, -0.25) is 19.2 Å². The summed E-state index contributed by atoms with van der Waals surface area (Å²) in [5, 5.41) is 7.31. The first-order chi connectivity index (χ1) is 14.8. The molecule has 0 bridgehead atoms. The maximum Gasteiger partial charge on any atom is 0.263 e. The number of benzene rings is 2. The first kappa shape index (κ1) is 20.8. The first-order valence-electron chi connectivity index (χ1n) is 9.84. The predicted octanol–water partition coefficient (Wildman–Crippen LogP) is 1.90. The molecule has 0 saturated carbocycles. The van der Waals surface area contributed by atoms with E-state index in [1.165, 1.54) is 6.07 Å². The molecule has 3 aromatic rings. The Kier molecular flexibility index (Phi) is 5.60. The van der Waals surface area contributed by atoms with Gasteiger partial charge in [-0.1, -0.05) is 36.4 Å². The number of rotatable bonds is 6. The number of nitrogens with zero attached hydrogens (tertiary/aromatic N) is 3. The quantitative estimate of drug-likeness (QED) is 0.614. The number of fused-ring (bicyclic) bond motifs is 1. The minimum atomic E-state index is -3.61. The molecule has 1 amide bonds. The summed E-state index contributed by atoms with van der Waals surface area (Å²) in [4.78, 5) is 16.6. The third kappa shape index (κ3) is 4.66. The Balaban J connectivity index is 1.37. The Hall–Kier alpha value is -3.46. The summed E-state index contributed by atoms with van der Waals surface area (Å²) >= 11 is 0. The lowest BCUT2D eigenvalue weighted by molar-refractivity contribution is -0.119. The van der Waals surface area contributed by atoms with Crippen molar-refractivity contribution in [2.24, 2.45) is 4.99 Å². The van der Waals surface area contributed by atoms with Gasteiger partial charge >= 0.3 is 0 Å². The lowest BCUT2D eigenvalue weighted by Crippen LogP contribution is -2.28. The molecule has 9 heteroatoms. The van der Waals surface area contributed by atoms with Crippen molar-refractivity contribution in [3.63, 3.8) is 0 Å². The van der Waals surface area contributed by atoms with Crippen molar-refractivity contribution < 1.29 is 13.2 Å². The highest BCUT2D eigenvalue weighted by atomic mass is 32.2. The van der Waals surface area contributed by atoms with Crippen molar-refractivity contribution in [2.75, 3.05) is 6.54 Å². The van der Waals surface area contributed by atoms with Gasteiger partial charge in [0.05, 0.1) is 17.1 Å². The number of amidine groups is 1. The smallest absolute Gasteiger partial charge is 0.263 e. The predicted molar refractivity (Wildman–Crippen MR) is 117 cm³/mol. The van der Waals surface area contributed by atoms with E-state index in [0.717, 1.165) is 22.5 Å². The van der Waals surface area contributed by atoms with Crippen LogP contribution in [0.4, 0.5) is 0 Å². The van der Waals surface area contributed by atoms with Crippen LogP contribution in [0.1, 0.15) is 28.1 Å². The number of hydrogen-bond donors (Lipinski definition) is 2. The molecule has 2 heterocycles. The van der Waals surface area contributed by atoms with E-state index < -0.39 is 10.0 Å². The van der Waals surface area contributed by atoms with Gasteiger partial charge in [0.2, 0.25) is 5.91 Å². The number of aromatic nitrogens is 2. The summed E-state index contributed by atoms with van der Waals surface area (Å²) in [6.45, 7) is 4.84. The van der Waals surface area contributed by atoms with Crippen LogP contribution < -0.4 is 10.0 Å². The molecule has 8 nitrogen and oxygen atoms in total. The van der Waals surface area contributed by atoms with Crippen LogP contribution >= 0.6 is 0 Å². The molecule has 1 aliphatic heterocycles. The molecule has 0 radical (unpaired) electrons. The zero-order valence-electron chi connectivity index (χ0n) is 17.3. The Bertz CT molecular complexity index is 1280. The van der Waals surface area contributed by atoms with E-state index in [1.54, 1.807) is 18.2 Å². The molecule has 1 aliphatic rings. The normalized spacial score (nSPS) is 15.5. The monoisotopic (exact) mass is 437 g/mol. The largest absolute Gasteiger partial charge is 0.350 e. The average Bonchev–Trinajstić information content (AvgIpc) is 3.20. The molecule has 1 aromatic heterocycles. The maximum atomic E-state index is 12.3. The van der Waals surface area contributed by atoms with Crippen LogP contribution in [-0.2, 0) is 27.9 Å². The topological polar surface area (TPSA) is 105 Å². The third-order valence-electron chi connectivity index (χ3n) is 4.96. The van der Waals surface area contributed by atoms with Gasteiger partial charge in [-0.2, -0.15) is 5.10 Å². The Labute approximate surface area is 181 Å². The molecule has 0 atom stereocenters. The molecule has 0 spiro atoms. The standard InChI is InChI=1S/C22H23N5O3S/c1-15-10-16(2)27(25-15)14-18-7-5-6-17(11-18)12-23-21(28)13-24-22-19-8-3-4-9-20(19)31(29,30)26-22/h3-11H,12-14H2,1-2H3,(H,23,28)(H,24,26). The van der Waals surface area contributed by atoms with E-state index in [4.69, 9.17) is 0 Å². The fourth-order valence-electron chi connectivity index (χ4n) is 3.50. The van der Waals surface area contributed by atoms with Gasteiger partial charge in [0.1, 0.15) is 12.4 Å². The number of aryl methyl sites for hydroxylation is 2. The molecule has 160 valence electrons. The molecule has 0 saturated heterocycles. The van der Waals surface area contributed by atoms with Crippen LogP contribution in [0.2, 0.25) is 0 Å². The van der Waals surface area contributed by atoms with Crippen LogP contribution in [0.25, 0.3) is 0 Å². The number of nitrogens with one attached hydrogen (secondary N) is 2. The van der Waals surface area contributed by atoms with Gasteiger partial charge in [0, 0.05) is 17.8 Å². The summed E-state index contributed by atoms with van der Waals surface area (Å²) in [7, 11) is -3.61. The highest BCUT2D eigenvalue weighted by Gasteiger charge is 2.30. The number of amides is 1. The molecule has 4 rings (SSSR count). The second-order valence-corrected chi connectivity index (χ2v) is 9.10. The van der Waals surface area contributed by atoms with E-state index in [9.17, 15) is 13.2 Å². The summed E-state index contributed by atoms with van der Waals surface area (Å²) in [6, 6.07) is 16.5. The second-order valence-electron chi connectivity index (χ2n) is 7.45. The fraction of sp³-hybridized carbons (Fsp3) is 0.227. The van der Waals surface area contributed by atoms with Gasteiger partial charge in [-0.25, -0.2) is 8.42 Å². The number of aliphatic imine (C=N–C) groups is 1. The lowest BCUT2D eigenvalue weighted by Gasteiger charge is -2.08. The molecule has 31 heavy (non-hydrogen) atoms. The highest BCUT2D eigenvalue weighted by molar-refractivity contribution is 7.90. The van der Waals surface area contributed by atoms with Crippen molar-refractivity contribution in [1.82, 2.24) is 19.8 Å². The second kappa shape index (κ2) is 8.35. The Morgan fingerprint density at radius 1 is 1.10 bits per heavy atom. The molecule has 2 N–H and O–H groups in total. The Morgan fingerprint density at radius 2 is 1.87 bits per heavy atom. The number of carbonyl (C=O) groups excluding carboxylic acids is 1. The summed E-state index contributed by atoms with van der Waals surface area (Å²) in [5.41, 5.74) is 4.61. The van der Waals surface area contributed by atoms with Crippen molar-refractivity contribution in [2.45, 2.75) is 31.8 Å². The molecule has 0 aliphatic carbocycles. The molecular weight excluding hydrogens is 414 g/mol. The van der Waals surface area contributed by atoms with Crippen LogP contribution in [0.15, 0.2) is 64.5 Å². The highest BCUT2D eigenvalue weighted by Crippen LogP contribution is 2.22. The lowest BCUT2D eigenvalue weighted by atomic mass is 10.1. The summed E-state index contributed by atoms with van der Waals surface area (Å²) < 4.78 is 28.6. The van der Waals surface area contributed by atoms with Gasteiger partial charge in [0.25, 0.3) is 10.0 Å². The van der Waals surface area contributed by atoms with Gasteiger partial charge in [-0.05, 0) is 43.2 Å². The minimum absolute atomic E-state index is 0.169. The molecular formula is C22H23N5O3S. The van der Waals surface area contributed by atoms with Crippen molar-refractivity contribution in [3.8, 4) is 0 Å². The molecule has 2 aromatic carbocycles. The van der Waals surface area contributed by atoms with E-state index in [2.05, 4.69) is 20.1 Å². The van der Waals surface area contributed by atoms with E-state index in [0.29, 0.717) is 18.7 Å². The van der Waals surface area contributed by atoms with Gasteiger partial charge < -0.3 is 5.32 Å². The van der Waals surface area contributed by atoms with E-state index >= 15 is 0 Å². The number of hydrogen-bond acceptors (Lipinski definition) is 5. The summed E-state index contributed by atoms with van der Waals surface area (Å²) in [5.74, 6) is -0.0994. The van der Waals surface area contributed by atoms with Gasteiger partial charge in [-0.15, -0.1) is 0 Å². The third-order valence-corrected chi connectivity index (χ3v) is 6.36. The van der Waals surface area contributed by atoms with Gasteiger partial charge in [0.15, 0.2) is 0 Å². The molecule has 0 unspecified atom stereocenters. The number of sulfonamides is 1. The van der Waals surface area contributed by atoms with Crippen molar-refractivity contribution in [3.05, 3.63) is 82.7 Å². The maximum absolute atomic E-state index is 12.3. The Morgan fingerprint density at radius 3 is 2.65 bits per heavy atom. The van der Waals surface area contributed by atoms with Crippen LogP contribution in [-0.4, -0.2) is 36.5 Å². The number of carbonyl (C=O) groups is 1. The van der Waals surface area contributed by atoms with Crippen molar-refractivity contribution in [1.29, 1.82) is 0 Å². The first-order valence-corrected chi connectivity index (χ1v) is 11.3. The van der Waals surface area contributed by atoms with E-state index in [-0.39, 0.29) is 23.2 Å². The van der Waals surface area contributed by atoms with Crippen LogP contribution in [0.5, 0.6) is 0 Å². The fourth-order valence-corrected chi connectivity index (χ4v) is 4.76. The van der Waals surface area contributed by atoms with Crippen molar-refractivity contribution >= 4 is 21.8 Å². The van der Waals surface area contributed by atoms with E-state index in [1.807, 2.05) is 48.9 Å². The average molecular weight is 438 g/mol. The van der Waals surface area contributed by atoms with Crippen LogP contribution in [0, 0.1) is 13.8 Å². The van der Waals surface area contributed by atoms with Crippen LogP contribution in [0.3, 0.4) is 0 Å².